The molecule has 1 aromatic heterocycles. The summed E-state index contributed by atoms with van der Waals surface area (Å²) in [6, 6.07) is 1.34. The Hall–Kier alpha value is -1.12. The first kappa shape index (κ1) is 13.9. The number of halogens is 1. The van der Waals surface area contributed by atoms with E-state index in [0.717, 1.165) is 12.6 Å². The fraction of sp³-hybridized carbons (Fsp3) is 0.583. The van der Waals surface area contributed by atoms with Gasteiger partial charge in [-0.1, -0.05) is 27.7 Å². The van der Waals surface area contributed by atoms with E-state index in [-0.39, 0.29) is 5.82 Å². The fourth-order valence-corrected chi connectivity index (χ4v) is 0.884. The van der Waals surface area contributed by atoms with E-state index < -0.39 is 0 Å². The number of nitrogens with zero attached hydrogens (tertiary/aromatic N) is 1. The summed E-state index contributed by atoms with van der Waals surface area (Å²) in [6.07, 6.45) is 3.65. The lowest BCUT2D eigenvalue weighted by molar-refractivity contribution is 0.287. The molecule has 0 fully saturated rings. The monoisotopic (exact) mass is 213 g/mol. The van der Waals surface area contributed by atoms with Crippen LogP contribution in [-0.4, -0.2) is 11.6 Å². The second-order valence-corrected chi connectivity index (χ2v) is 3.37. The van der Waals surface area contributed by atoms with Crippen LogP contribution in [0.3, 0.4) is 0 Å². The smallest absolute Gasteiger partial charge is 0.145 e. The van der Waals surface area contributed by atoms with Gasteiger partial charge in [-0.25, -0.2) is 4.39 Å². The molecule has 3 heteroatoms. The third-order valence-corrected chi connectivity index (χ3v) is 1.64. The highest BCUT2D eigenvalue weighted by Gasteiger charge is 1.98. The first-order valence-electron chi connectivity index (χ1n) is 5.42. The van der Waals surface area contributed by atoms with Crippen molar-refractivity contribution in [2.24, 2.45) is 5.92 Å². The summed E-state index contributed by atoms with van der Waals surface area (Å²) < 4.78 is 17.9. The zero-order valence-electron chi connectivity index (χ0n) is 9.96. The van der Waals surface area contributed by atoms with Crippen molar-refractivity contribution in [2.75, 3.05) is 6.61 Å². The molecular weight excluding hydrogens is 193 g/mol. The molecule has 0 aliphatic heterocycles. The highest BCUT2D eigenvalue weighted by Crippen LogP contribution is 2.10. The molecule has 0 aliphatic carbocycles. The predicted molar refractivity (Wildman–Crippen MR) is 60.5 cm³/mol. The Balaban J connectivity index is 0.000000921. The van der Waals surface area contributed by atoms with Crippen LogP contribution >= 0.6 is 0 Å². The predicted octanol–water partition coefficient (Wildman–Crippen LogP) is 3.67. The molecule has 0 amide bonds. The Morgan fingerprint density at radius 1 is 1.33 bits per heavy atom. The molecule has 2 nitrogen and oxygen atoms in total. The maximum atomic E-state index is 12.6. The summed E-state index contributed by atoms with van der Waals surface area (Å²) >= 11 is 0. The third kappa shape index (κ3) is 6.89. The van der Waals surface area contributed by atoms with Crippen molar-refractivity contribution in [1.82, 2.24) is 4.98 Å². The lowest BCUT2D eigenvalue weighted by Crippen LogP contribution is -2.01. The van der Waals surface area contributed by atoms with E-state index in [1.807, 2.05) is 13.8 Å². The van der Waals surface area contributed by atoms with Gasteiger partial charge in [0.25, 0.3) is 0 Å². The van der Waals surface area contributed by atoms with Gasteiger partial charge in [0.1, 0.15) is 11.6 Å². The minimum atomic E-state index is -0.359. The zero-order chi connectivity index (χ0) is 11.7. The summed E-state index contributed by atoms with van der Waals surface area (Å²) in [4.78, 5) is 3.68. The van der Waals surface area contributed by atoms with Crippen molar-refractivity contribution >= 4 is 0 Å². The topological polar surface area (TPSA) is 22.1 Å². The van der Waals surface area contributed by atoms with Crippen LogP contribution < -0.4 is 4.74 Å². The third-order valence-electron chi connectivity index (χ3n) is 1.64. The molecule has 86 valence electrons. The lowest BCUT2D eigenvalue weighted by atomic mass is 10.1. The minimum Gasteiger partial charge on any atom is -0.492 e. The summed E-state index contributed by atoms with van der Waals surface area (Å²) in [6.45, 7) is 8.85. The maximum Gasteiger partial charge on any atom is 0.145 e. The van der Waals surface area contributed by atoms with Crippen molar-refractivity contribution in [3.63, 3.8) is 0 Å². The summed E-state index contributed by atoms with van der Waals surface area (Å²) in [5.41, 5.74) is 0. The molecule has 1 rings (SSSR count). The van der Waals surface area contributed by atoms with Crippen molar-refractivity contribution in [2.45, 2.75) is 34.1 Å². The average Bonchev–Trinajstić information content (AvgIpc) is 2.20. The first-order valence-corrected chi connectivity index (χ1v) is 5.42. The second-order valence-electron chi connectivity index (χ2n) is 3.37. The number of rotatable bonds is 4. The van der Waals surface area contributed by atoms with Gasteiger partial charge < -0.3 is 4.74 Å². The molecule has 0 atom stereocenters. The molecule has 1 aromatic rings. The van der Waals surface area contributed by atoms with E-state index in [4.69, 9.17) is 4.74 Å². The van der Waals surface area contributed by atoms with Gasteiger partial charge >= 0.3 is 0 Å². The number of ether oxygens (including phenoxy) is 1. The Morgan fingerprint density at radius 2 is 2.00 bits per heavy atom. The second kappa shape index (κ2) is 8.21. The molecule has 0 saturated heterocycles. The zero-order valence-corrected chi connectivity index (χ0v) is 9.96. The van der Waals surface area contributed by atoms with Crippen LogP contribution in [0.4, 0.5) is 4.39 Å². The maximum absolute atomic E-state index is 12.6. The van der Waals surface area contributed by atoms with Crippen LogP contribution in [0.25, 0.3) is 0 Å². The molecule has 0 saturated carbocycles. The van der Waals surface area contributed by atoms with Crippen LogP contribution in [-0.2, 0) is 0 Å². The summed E-state index contributed by atoms with van der Waals surface area (Å²) in [5.74, 6) is 0.740. The van der Waals surface area contributed by atoms with Crippen LogP contribution in [0.2, 0.25) is 0 Å². The van der Waals surface area contributed by atoms with Gasteiger partial charge in [-0.15, -0.1) is 0 Å². The summed E-state index contributed by atoms with van der Waals surface area (Å²) in [5, 5.41) is 0. The molecule has 0 spiro atoms. The number of pyridine rings is 1. The number of aromatic nitrogens is 1. The Bertz CT molecular complexity index is 264. The molecular formula is C12H20FNO. The standard InChI is InChI=1S/C10H14FNO.C2H6/c1-8(2)3-4-13-10-5-9(11)6-12-7-10;1-2/h5-8H,3-4H2,1-2H3;1-2H3. The quantitative estimate of drug-likeness (QED) is 0.761. The van der Waals surface area contributed by atoms with Crippen LogP contribution in [0, 0.1) is 11.7 Å². The van der Waals surface area contributed by atoms with E-state index in [9.17, 15) is 4.39 Å². The Labute approximate surface area is 91.5 Å². The summed E-state index contributed by atoms with van der Waals surface area (Å²) in [7, 11) is 0. The minimum absolute atomic E-state index is 0.359. The van der Waals surface area contributed by atoms with Gasteiger partial charge in [0.2, 0.25) is 0 Å². The molecule has 0 aliphatic rings. The first-order chi connectivity index (χ1) is 7.18. The molecule has 0 aromatic carbocycles. The lowest BCUT2D eigenvalue weighted by Gasteiger charge is -2.06. The fourth-order valence-electron chi connectivity index (χ4n) is 0.884. The van der Waals surface area contributed by atoms with Gasteiger partial charge in [-0.3, -0.25) is 4.98 Å². The van der Waals surface area contributed by atoms with Crippen LogP contribution in [0.15, 0.2) is 18.5 Å². The van der Waals surface area contributed by atoms with Crippen LogP contribution in [0.1, 0.15) is 34.1 Å². The van der Waals surface area contributed by atoms with Crippen molar-refractivity contribution in [3.05, 3.63) is 24.3 Å². The molecule has 15 heavy (non-hydrogen) atoms. The van der Waals surface area contributed by atoms with E-state index in [1.54, 1.807) is 0 Å². The number of hydrogen-bond acceptors (Lipinski definition) is 2. The molecule has 0 bridgehead atoms. The molecule has 0 N–H and O–H groups in total. The van der Waals surface area contributed by atoms with Gasteiger partial charge in [-0.05, 0) is 12.3 Å². The van der Waals surface area contributed by atoms with Gasteiger partial charge in [-0.2, -0.15) is 0 Å². The highest BCUT2D eigenvalue weighted by atomic mass is 19.1. The van der Waals surface area contributed by atoms with Crippen molar-refractivity contribution < 1.29 is 9.13 Å². The van der Waals surface area contributed by atoms with Crippen molar-refractivity contribution in [3.8, 4) is 5.75 Å². The molecule has 0 unspecified atom stereocenters. The van der Waals surface area contributed by atoms with Gasteiger partial charge in [0.15, 0.2) is 0 Å². The van der Waals surface area contributed by atoms with Gasteiger partial charge in [0, 0.05) is 6.07 Å². The van der Waals surface area contributed by atoms with Crippen molar-refractivity contribution in [1.29, 1.82) is 0 Å². The number of hydrogen-bond donors (Lipinski definition) is 0. The SMILES string of the molecule is CC.CC(C)CCOc1cncc(F)c1. The average molecular weight is 213 g/mol. The highest BCUT2D eigenvalue weighted by molar-refractivity contribution is 5.16. The molecule has 0 radical (unpaired) electrons. The largest absolute Gasteiger partial charge is 0.492 e. The van der Waals surface area contributed by atoms with Gasteiger partial charge in [0.05, 0.1) is 19.0 Å². The Morgan fingerprint density at radius 3 is 2.53 bits per heavy atom. The van der Waals surface area contributed by atoms with E-state index in [1.165, 1.54) is 12.3 Å². The Kier molecular flexibility index (Phi) is 7.60. The van der Waals surface area contributed by atoms with Crippen LogP contribution in [0.5, 0.6) is 5.75 Å². The normalized spacial score (nSPS) is 9.47. The van der Waals surface area contributed by atoms with E-state index in [2.05, 4.69) is 18.8 Å². The van der Waals surface area contributed by atoms with E-state index >= 15 is 0 Å². The molecule has 1 heterocycles. The van der Waals surface area contributed by atoms with E-state index in [0.29, 0.717) is 18.3 Å².